The van der Waals surface area contributed by atoms with E-state index < -0.39 is 0 Å². The van der Waals surface area contributed by atoms with Gasteiger partial charge in [-0.1, -0.05) is 6.07 Å². The van der Waals surface area contributed by atoms with E-state index in [1.807, 2.05) is 0 Å². The van der Waals surface area contributed by atoms with Crippen LogP contribution in [0, 0.1) is 0 Å². The van der Waals surface area contributed by atoms with Gasteiger partial charge in [0.1, 0.15) is 5.75 Å². The van der Waals surface area contributed by atoms with E-state index in [9.17, 15) is 15.0 Å². The lowest BCUT2D eigenvalue weighted by molar-refractivity contribution is 0.104. The van der Waals surface area contributed by atoms with Gasteiger partial charge in [0.2, 0.25) is 0 Å². The second-order valence-electron chi connectivity index (χ2n) is 4.95. The molecular weight excluding hydrogens is 268 g/mol. The van der Waals surface area contributed by atoms with E-state index in [2.05, 4.69) is 0 Å². The van der Waals surface area contributed by atoms with Gasteiger partial charge in [-0.3, -0.25) is 4.79 Å². The molecule has 1 aliphatic rings. The van der Waals surface area contributed by atoms with Gasteiger partial charge in [0, 0.05) is 17.6 Å². The largest absolute Gasteiger partial charge is 0.508 e. The summed E-state index contributed by atoms with van der Waals surface area (Å²) in [5.41, 5.74) is 2.90. The van der Waals surface area contributed by atoms with Crippen molar-refractivity contribution in [3.8, 4) is 17.2 Å². The number of aromatic hydroxyl groups is 2. The highest BCUT2D eigenvalue weighted by Gasteiger charge is 2.24. The number of hydrogen-bond acceptors (Lipinski definition) is 4. The number of phenols is 2. The Morgan fingerprint density at radius 2 is 1.95 bits per heavy atom. The van der Waals surface area contributed by atoms with Crippen molar-refractivity contribution in [2.75, 3.05) is 7.11 Å². The number of benzene rings is 2. The quantitative estimate of drug-likeness (QED) is 0.831. The Morgan fingerprint density at radius 3 is 2.71 bits per heavy atom. The van der Waals surface area contributed by atoms with Crippen molar-refractivity contribution in [2.45, 2.75) is 6.42 Å². The molecule has 0 bridgehead atoms. The van der Waals surface area contributed by atoms with Crippen molar-refractivity contribution < 1.29 is 19.7 Å². The molecule has 4 heteroatoms. The summed E-state index contributed by atoms with van der Waals surface area (Å²) in [4.78, 5) is 12.3. The zero-order valence-corrected chi connectivity index (χ0v) is 11.5. The monoisotopic (exact) mass is 282 g/mol. The molecule has 0 saturated heterocycles. The first-order valence-electron chi connectivity index (χ1n) is 6.52. The predicted octanol–water partition coefficient (Wildman–Crippen LogP) is 2.93. The van der Waals surface area contributed by atoms with Crippen molar-refractivity contribution in [1.82, 2.24) is 0 Å². The van der Waals surface area contributed by atoms with Crippen LogP contribution < -0.4 is 4.74 Å². The zero-order valence-electron chi connectivity index (χ0n) is 11.5. The molecule has 0 spiro atoms. The maximum Gasteiger partial charge on any atom is 0.189 e. The number of ether oxygens (including phenoxy) is 1. The molecule has 4 nitrogen and oxygen atoms in total. The second kappa shape index (κ2) is 4.98. The fraction of sp³-hybridized carbons (Fsp3) is 0.118. The minimum atomic E-state index is -0.0305. The van der Waals surface area contributed by atoms with Crippen molar-refractivity contribution >= 4 is 11.9 Å². The minimum absolute atomic E-state index is 0.0305. The SMILES string of the molecule is COc1cc(C=C2Cc3cc(O)ccc3C2=O)ccc1O. The fourth-order valence-electron chi connectivity index (χ4n) is 2.51. The molecule has 0 radical (unpaired) electrons. The lowest BCUT2D eigenvalue weighted by Crippen LogP contribution is -1.95. The zero-order chi connectivity index (χ0) is 15.0. The molecule has 0 heterocycles. The third-order valence-electron chi connectivity index (χ3n) is 3.55. The van der Waals surface area contributed by atoms with Crippen LogP contribution >= 0.6 is 0 Å². The number of carbonyl (C=O) groups excluding carboxylic acids is 1. The van der Waals surface area contributed by atoms with Gasteiger partial charge in [-0.15, -0.1) is 0 Å². The number of phenolic OH excluding ortho intramolecular Hbond substituents is 2. The van der Waals surface area contributed by atoms with Gasteiger partial charge in [-0.25, -0.2) is 0 Å². The highest BCUT2D eigenvalue weighted by atomic mass is 16.5. The topological polar surface area (TPSA) is 66.8 Å². The van der Waals surface area contributed by atoms with Crippen LogP contribution in [0.15, 0.2) is 42.0 Å². The van der Waals surface area contributed by atoms with Crippen molar-refractivity contribution in [3.63, 3.8) is 0 Å². The van der Waals surface area contributed by atoms with Gasteiger partial charge in [-0.05, 0) is 47.5 Å². The Balaban J connectivity index is 1.97. The first-order valence-corrected chi connectivity index (χ1v) is 6.52. The first-order chi connectivity index (χ1) is 10.1. The number of allylic oxidation sites excluding steroid dienone is 1. The molecule has 0 atom stereocenters. The number of Topliss-reactive ketones (excluding diaryl/α,β-unsaturated/α-hetero) is 1. The number of methoxy groups -OCH3 is 1. The summed E-state index contributed by atoms with van der Waals surface area (Å²) in [5.74, 6) is 0.557. The van der Waals surface area contributed by atoms with Crippen LogP contribution in [0.25, 0.3) is 6.08 Å². The van der Waals surface area contributed by atoms with E-state index in [1.165, 1.54) is 19.2 Å². The Kier molecular flexibility index (Phi) is 3.14. The molecule has 0 fully saturated rings. The molecule has 1 aliphatic carbocycles. The standard InChI is InChI=1S/C17H14O4/c1-21-16-7-10(2-5-15(16)19)6-12-8-11-9-13(18)3-4-14(11)17(12)20/h2-7,9,18-19H,8H2,1H3. The van der Waals surface area contributed by atoms with Crippen LogP contribution in [-0.2, 0) is 6.42 Å². The molecule has 0 amide bonds. The van der Waals surface area contributed by atoms with Crippen LogP contribution in [0.2, 0.25) is 0 Å². The summed E-state index contributed by atoms with van der Waals surface area (Å²) < 4.78 is 5.06. The molecule has 0 unspecified atom stereocenters. The molecule has 2 N–H and O–H groups in total. The predicted molar refractivity (Wildman–Crippen MR) is 78.8 cm³/mol. The van der Waals surface area contributed by atoms with Crippen LogP contribution in [0.3, 0.4) is 0 Å². The third-order valence-corrected chi connectivity index (χ3v) is 3.55. The van der Waals surface area contributed by atoms with E-state index in [0.717, 1.165) is 11.1 Å². The first kappa shape index (κ1) is 13.2. The maximum absolute atomic E-state index is 12.3. The molecular formula is C17H14O4. The number of rotatable bonds is 2. The van der Waals surface area contributed by atoms with Crippen molar-refractivity contribution in [2.24, 2.45) is 0 Å². The number of fused-ring (bicyclic) bond motifs is 1. The van der Waals surface area contributed by atoms with Gasteiger partial charge in [0.15, 0.2) is 17.3 Å². The Hall–Kier alpha value is -2.75. The number of ketones is 1. The molecule has 21 heavy (non-hydrogen) atoms. The highest BCUT2D eigenvalue weighted by molar-refractivity contribution is 6.15. The lowest BCUT2D eigenvalue weighted by Gasteiger charge is -2.04. The van der Waals surface area contributed by atoms with Crippen molar-refractivity contribution in [1.29, 1.82) is 0 Å². The second-order valence-corrected chi connectivity index (χ2v) is 4.95. The average molecular weight is 282 g/mol. The van der Waals surface area contributed by atoms with E-state index in [4.69, 9.17) is 4.74 Å². The maximum atomic E-state index is 12.3. The Morgan fingerprint density at radius 1 is 1.14 bits per heavy atom. The number of carbonyl (C=O) groups is 1. The van der Waals surface area contributed by atoms with Crippen LogP contribution in [0.4, 0.5) is 0 Å². The fourth-order valence-corrected chi connectivity index (χ4v) is 2.51. The molecule has 0 saturated carbocycles. The van der Waals surface area contributed by atoms with E-state index in [0.29, 0.717) is 23.3 Å². The molecule has 106 valence electrons. The van der Waals surface area contributed by atoms with Gasteiger partial charge < -0.3 is 14.9 Å². The molecule has 3 rings (SSSR count). The average Bonchev–Trinajstić information content (AvgIpc) is 2.76. The molecule has 2 aromatic carbocycles. The summed E-state index contributed by atoms with van der Waals surface area (Å²) in [6.45, 7) is 0. The normalized spacial score (nSPS) is 15.3. The third kappa shape index (κ3) is 2.36. The smallest absolute Gasteiger partial charge is 0.189 e. The minimum Gasteiger partial charge on any atom is -0.508 e. The highest BCUT2D eigenvalue weighted by Crippen LogP contribution is 2.32. The van der Waals surface area contributed by atoms with Gasteiger partial charge in [-0.2, -0.15) is 0 Å². The van der Waals surface area contributed by atoms with E-state index in [1.54, 1.807) is 30.3 Å². The van der Waals surface area contributed by atoms with Crippen LogP contribution in [0.1, 0.15) is 21.5 Å². The molecule has 0 aromatic heterocycles. The van der Waals surface area contributed by atoms with Gasteiger partial charge in [0.05, 0.1) is 7.11 Å². The van der Waals surface area contributed by atoms with E-state index >= 15 is 0 Å². The molecule has 0 aliphatic heterocycles. The van der Waals surface area contributed by atoms with Crippen molar-refractivity contribution in [3.05, 3.63) is 58.7 Å². The van der Waals surface area contributed by atoms with Gasteiger partial charge in [0.25, 0.3) is 0 Å². The number of hydrogen-bond donors (Lipinski definition) is 2. The van der Waals surface area contributed by atoms with Gasteiger partial charge >= 0.3 is 0 Å². The van der Waals surface area contributed by atoms with E-state index in [-0.39, 0.29) is 17.3 Å². The lowest BCUT2D eigenvalue weighted by atomic mass is 10.1. The van der Waals surface area contributed by atoms with Crippen LogP contribution in [0.5, 0.6) is 17.2 Å². The summed E-state index contributed by atoms with van der Waals surface area (Å²) in [7, 11) is 1.48. The summed E-state index contributed by atoms with van der Waals surface area (Å²) in [5, 5.41) is 19.1. The summed E-state index contributed by atoms with van der Waals surface area (Å²) in [6.07, 6.45) is 2.27. The summed E-state index contributed by atoms with van der Waals surface area (Å²) in [6, 6.07) is 9.71. The molecule has 2 aromatic rings. The van der Waals surface area contributed by atoms with Crippen LogP contribution in [-0.4, -0.2) is 23.1 Å². The Labute approximate surface area is 121 Å². The summed E-state index contributed by atoms with van der Waals surface area (Å²) >= 11 is 0. The Bertz CT molecular complexity index is 759.